The van der Waals surface area contributed by atoms with Gasteiger partial charge in [0.1, 0.15) is 0 Å². The highest BCUT2D eigenvalue weighted by Gasteiger charge is 2.48. The maximum atomic E-state index is 11.1. The molecule has 3 heteroatoms. The van der Waals surface area contributed by atoms with E-state index in [0.717, 1.165) is 18.4 Å². The van der Waals surface area contributed by atoms with Gasteiger partial charge in [0.25, 0.3) is 0 Å². The van der Waals surface area contributed by atoms with Crippen molar-refractivity contribution in [3.05, 3.63) is 41.3 Å². The van der Waals surface area contributed by atoms with E-state index in [2.05, 4.69) is 0 Å². The van der Waals surface area contributed by atoms with Gasteiger partial charge in [-0.2, -0.15) is 0 Å². The van der Waals surface area contributed by atoms with Crippen LogP contribution >= 0.6 is 11.6 Å². The summed E-state index contributed by atoms with van der Waals surface area (Å²) in [6.07, 6.45) is 3.63. The molecule has 2 N–H and O–H groups in total. The number of carbonyl (C=O) groups is 1. The highest BCUT2D eigenvalue weighted by atomic mass is 35.5. The van der Waals surface area contributed by atoms with E-state index in [1.54, 1.807) is 0 Å². The van der Waals surface area contributed by atoms with Gasteiger partial charge < -0.3 is 5.73 Å². The van der Waals surface area contributed by atoms with Crippen LogP contribution in [0.1, 0.15) is 18.4 Å². The molecule has 0 spiro atoms. The number of primary amides is 1. The summed E-state index contributed by atoms with van der Waals surface area (Å²) in [4.78, 5) is 11.1. The molecule has 1 amide bonds. The standard InChI is InChI=1S/C11H11ClNO/c12-9-3-1-2-8(6-9)7-11(4-5-11)10(13)14/h1-3,6-7H,4-5H2,(H2,13,14). The van der Waals surface area contributed by atoms with E-state index in [4.69, 9.17) is 17.3 Å². The van der Waals surface area contributed by atoms with Crippen LogP contribution in [-0.4, -0.2) is 5.91 Å². The fourth-order valence-corrected chi connectivity index (χ4v) is 1.71. The van der Waals surface area contributed by atoms with Crippen molar-refractivity contribution in [1.29, 1.82) is 0 Å². The molecule has 1 fully saturated rings. The Labute approximate surface area is 88.1 Å². The fourth-order valence-electron chi connectivity index (χ4n) is 1.51. The van der Waals surface area contributed by atoms with Gasteiger partial charge in [-0.15, -0.1) is 0 Å². The number of amides is 1. The Balaban J connectivity index is 2.15. The highest BCUT2D eigenvalue weighted by molar-refractivity contribution is 6.30. The minimum atomic E-state index is -0.398. The van der Waals surface area contributed by atoms with Gasteiger partial charge in [-0.05, 0) is 30.5 Å². The van der Waals surface area contributed by atoms with E-state index in [0.29, 0.717) is 5.02 Å². The van der Waals surface area contributed by atoms with E-state index in [9.17, 15) is 4.79 Å². The number of hydrogen-bond acceptors (Lipinski definition) is 1. The lowest BCUT2D eigenvalue weighted by atomic mass is 9.96. The van der Waals surface area contributed by atoms with Gasteiger partial charge in [0.05, 0.1) is 5.41 Å². The van der Waals surface area contributed by atoms with Gasteiger partial charge in [-0.1, -0.05) is 23.7 Å². The van der Waals surface area contributed by atoms with Crippen LogP contribution < -0.4 is 5.73 Å². The highest BCUT2D eigenvalue weighted by Crippen LogP contribution is 2.49. The second-order valence-corrected chi connectivity index (χ2v) is 4.16. The molecule has 73 valence electrons. The molecule has 1 aromatic rings. The van der Waals surface area contributed by atoms with Gasteiger partial charge >= 0.3 is 0 Å². The SMILES string of the molecule is NC(=O)C1([CH]c2cccc(Cl)c2)CC1. The molecular weight excluding hydrogens is 198 g/mol. The van der Waals surface area contributed by atoms with Crippen LogP contribution in [0.2, 0.25) is 5.02 Å². The Morgan fingerprint density at radius 1 is 1.50 bits per heavy atom. The van der Waals surface area contributed by atoms with Gasteiger partial charge in [-0.3, -0.25) is 4.79 Å². The zero-order valence-corrected chi connectivity index (χ0v) is 8.42. The van der Waals surface area contributed by atoms with Crippen LogP contribution in [-0.2, 0) is 4.79 Å². The quantitative estimate of drug-likeness (QED) is 0.813. The predicted molar refractivity (Wildman–Crippen MR) is 55.7 cm³/mol. The molecule has 0 aromatic heterocycles. The van der Waals surface area contributed by atoms with Crippen LogP contribution in [0.25, 0.3) is 0 Å². The Hall–Kier alpha value is -1.02. The Bertz CT molecular complexity index is 371. The van der Waals surface area contributed by atoms with E-state index >= 15 is 0 Å². The first-order valence-electron chi connectivity index (χ1n) is 4.54. The minimum absolute atomic E-state index is 0.238. The van der Waals surface area contributed by atoms with Crippen LogP contribution in [0.4, 0.5) is 0 Å². The molecule has 1 aliphatic carbocycles. The number of halogens is 1. The zero-order valence-electron chi connectivity index (χ0n) is 7.66. The van der Waals surface area contributed by atoms with Crippen LogP contribution in [0.3, 0.4) is 0 Å². The van der Waals surface area contributed by atoms with Gasteiger partial charge in [0.15, 0.2) is 0 Å². The van der Waals surface area contributed by atoms with E-state index in [1.807, 2.05) is 30.7 Å². The van der Waals surface area contributed by atoms with Crippen LogP contribution in [0.5, 0.6) is 0 Å². The number of carbonyl (C=O) groups excluding carboxylic acids is 1. The minimum Gasteiger partial charge on any atom is -0.369 e. The van der Waals surface area contributed by atoms with Gasteiger partial charge in [-0.25, -0.2) is 0 Å². The van der Waals surface area contributed by atoms with Gasteiger partial charge in [0, 0.05) is 11.4 Å². The molecule has 0 saturated heterocycles. The third-order valence-electron chi connectivity index (χ3n) is 2.57. The van der Waals surface area contributed by atoms with Crippen LogP contribution in [0, 0.1) is 11.8 Å². The lowest BCUT2D eigenvalue weighted by Gasteiger charge is -2.09. The molecule has 0 bridgehead atoms. The summed E-state index contributed by atoms with van der Waals surface area (Å²) >= 11 is 5.84. The third kappa shape index (κ3) is 1.75. The van der Waals surface area contributed by atoms with Crippen molar-refractivity contribution in [2.45, 2.75) is 12.8 Å². The molecule has 0 heterocycles. The maximum absolute atomic E-state index is 11.1. The lowest BCUT2D eigenvalue weighted by molar-refractivity contribution is -0.121. The van der Waals surface area contributed by atoms with Crippen LogP contribution in [0.15, 0.2) is 24.3 Å². The first-order chi connectivity index (χ1) is 6.62. The second-order valence-electron chi connectivity index (χ2n) is 3.72. The Kier molecular flexibility index (Phi) is 2.23. The topological polar surface area (TPSA) is 43.1 Å². The van der Waals surface area contributed by atoms with E-state index < -0.39 is 5.41 Å². The molecule has 1 aliphatic rings. The smallest absolute Gasteiger partial charge is 0.224 e. The normalized spacial score (nSPS) is 17.8. The summed E-state index contributed by atoms with van der Waals surface area (Å²) in [5.41, 5.74) is 5.88. The molecule has 1 radical (unpaired) electrons. The summed E-state index contributed by atoms with van der Waals surface area (Å²) in [6.45, 7) is 0. The maximum Gasteiger partial charge on any atom is 0.224 e. The molecule has 2 rings (SSSR count). The lowest BCUT2D eigenvalue weighted by Crippen LogP contribution is -2.25. The van der Waals surface area contributed by atoms with Crippen molar-refractivity contribution in [2.24, 2.45) is 11.1 Å². The van der Waals surface area contributed by atoms with Crippen molar-refractivity contribution >= 4 is 17.5 Å². The van der Waals surface area contributed by atoms with E-state index in [-0.39, 0.29) is 5.91 Å². The summed E-state index contributed by atoms with van der Waals surface area (Å²) in [7, 11) is 0. The zero-order chi connectivity index (χ0) is 10.2. The molecule has 0 unspecified atom stereocenters. The second kappa shape index (κ2) is 3.28. The van der Waals surface area contributed by atoms with Crippen molar-refractivity contribution in [2.75, 3.05) is 0 Å². The molecule has 0 aliphatic heterocycles. The number of rotatable bonds is 3. The average Bonchev–Trinajstić information content (AvgIpc) is 2.85. The molecule has 1 saturated carbocycles. The van der Waals surface area contributed by atoms with E-state index in [1.165, 1.54) is 0 Å². The monoisotopic (exact) mass is 208 g/mol. The summed E-state index contributed by atoms with van der Waals surface area (Å²) in [5, 5.41) is 0.680. The Morgan fingerprint density at radius 3 is 2.71 bits per heavy atom. The number of hydrogen-bond donors (Lipinski definition) is 1. The molecule has 14 heavy (non-hydrogen) atoms. The average molecular weight is 209 g/mol. The van der Waals surface area contributed by atoms with Crippen molar-refractivity contribution < 1.29 is 4.79 Å². The molecule has 2 nitrogen and oxygen atoms in total. The fraction of sp³-hybridized carbons (Fsp3) is 0.273. The van der Waals surface area contributed by atoms with Crippen molar-refractivity contribution in [3.8, 4) is 0 Å². The molecule has 0 atom stereocenters. The molecular formula is C11H11ClNO. The summed E-state index contributed by atoms with van der Waals surface area (Å²) in [6, 6.07) is 7.44. The van der Waals surface area contributed by atoms with Crippen molar-refractivity contribution in [3.63, 3.8) is 0 Å². The molecule has 1 aromatic carbocycles. The largest absolute Gasteiger partial charge is 0.369 e. The number of nitrogens with two attached hydrogens (primary N) is 1. The van der Waals surface area contributed by atoms with Crippen molar-refractivity contribution in [1.82, 2.24) is 0 Å². The first kappa shape index (κ1) is 9.53. The van der Waals surface area contributed by atoms with Gasteiger partial charge in [0.2, 0.25) is 5.91 Å². The summed E-state index contributed by atoms with van der Waals surface area (Å²) in [5.74, 6) is -0.238. The number of benzene rings is 1. The first-order valence-corrected chi connectivity index (χ1v) is 4.92. The third-order valence-corrected chi connectivity index (χ3v) is 2.81. The predicted octanol–water partition coefficient (Wildman–Crippen LogP) is 2.16. The summed E-state index contributed by atoms with van der Waals surface area (Å²) < 4.78 is 0. The Morgan fingerprint density at radius 2 is 2.21 bits per heavy atom.